The topological polar surface area (TPSA) is 68.3 Å². The fourth-order valence-electron chi connectivity index (χ4n) is 5.75. The van der Waals surface area contributed by atoms with Crippen molar-refractivity contribution in [2.45, 2.75) is 76.4 Å². The second-order valence-corrected chi connectivity index (χ2v) is 10.5. The van der Waals surface area contributed by atoms with Crippen molar-refractivity contribution in [1.29, 1.82) is 0 Å². The van der Waals surface area contributed by atoms with E-state index in [-0.39, 0.29) is 30.8 Å². The van der Waals surface area contributed by atoms with Crippen LogP contribution in [0, 0.1) is 0 Å². The maximum atomic E-state index is 13.8. The highest BCUT2D eigenvalue weighted by atomic mass is 16.7. The van der Waals surface area contributed by atoms with Crippen LogP contribution in [0.25, 0.3) is 0 Å². The van der Waals surface area contributed by atoms with Gasteiger partial charge in [0.1, 0.15) is 11.9 Å². The van der Waals surface area contributed by atoms with Crippen LogP contribution in [0.15, 0.2) is 42.5 Å². The molecule has 3 aliphatic rings. The summed E-state index contributed by atoms with van der Waals surface area (Å²) in [7, 11) is 1.87. The molecule has 5 rings (SSSR count). The van der Waals surface area contributed by atoms with Crippen LogP contribution in [-0.4, -0.2) is 60.7 Å². The zero-order valence-electron chi connectivity index (χ0n) is 21.8. The summed E-state index contributed by atoms with van der Waals surface area (Å²) in [6.45, 7) is 1.69. The molecule has 0 unspecified atom stereocenters. The molecule has 1 fully saturated rings. The minimum atomic E-state index is -0.140. The lowest BCUT2D eigenvalue weighted by atomic mass is 9.90. The molecule has 37 heavy (non-hydrogen) atoms. The summed E-state index contributed by atoms with van der Waals surface area (Å²) in [6.07, 6.45) is 9.29. The highest BCUT2D eigenvalue weighted by Crippen LogP contribution is 2.34. The number of nitrogens with zero attached hydrogens (tertiary/aromatic N) is 2. The fraction of sp³-hybridized carbons (Fsp3) is 0.533. The molecule has 0 aromatic heterocycles. The SMILES string of the molecule is CN1CCCCCCCN(C(=O)Cc2ccc3c(c2)OCO3)[C@@H]2CCCC[C@@H]2Oc2ccccc2C1=O. The Morgan fingerprint density at radius 3 is 2.51 bits per heavy atom. The van der Waals surface area contributed by atoms with Crippen LogP contribution in [0.2, 0.25) is 0 Å². The van der Waals surface area contributed by atoms with Gasteiger partial charge in [-0.25, -0.2) is 0 Å². The lowest BCUT2D eigenvalue weighted by Crippen LogP contribution is -2.51. The molecule has 2 atom stereocenters. The van der Waals surface area contributed by atoms with Crippen LogP contribution in [0.4, 0.5) is 0 Å². The van der Waals surface area contributed by atoms with E-state index in [1.54, 1.807) is 4.90 Å². The lowest BCUT2D eigenvalue weighted by molar-refractivity contribution is -0.136. The Labute approximate surface area is 219 Å². The number of amides is 2. The van der Waals surface area contributed by atoms with Crippen LogP contribution in [0.5, 0.6) is 17.2 Å². The number of hydrogen-bond donors (Lipinski definition) is 0. The number of fused-ring (bicyclic) bond motifs is 3. The third-order valence-electron chi connectivity index (χ3n) is 7.82. The van der Waals surface area contributed by atoms with E-state index in [4.69, 9.17) is 14.2 Å². The molecular weight excluding hydrogens is 468 g/mol. The number of benzene rings is 2. The summed E-state index contributed by atoms with van der Waals surface area (Å²) >= 11 is 0. The summed E-state index contributed by atoms with van der Waals surface area (Å²) in [5.41, 5.74) is 1.53. The van der Waals surface area contributed by atoms with Crippen LogP contribution in [-0.2, 0) is 11.2 Å². The molecular formula is C30H38N2O5. The minimum Gasteiger partial charge on any atom is -0.487 e. The molecule has 2 heterocycles. The summed E-state index contributed by atoms with van der Waals surface area (Å²) in [6, 6.07) is 13.3. The highest BCUT2D eigenvalue weighted by Gasteiger charge is 2.35. The van der Waals surface area contributed by atoms with Gasteiger partial charge in [-0.15, -0.1) is 0 Å². The van der Waals surface area contributed by atoms with E-state index < -0.39 is 0 Å². The van der Waals surface area contributed by atoms with E-state index >= 15 is 0 Å². The van der Waals surface area contributed by atoms with Crippen molar-refractivity contribution in [2.24, 2.45) is 0 Å². The molecule has 0 bridgehead atoms. The first-order valence-corrected chi connectivity index (χ1v) is 13.8. The standard InChI is InChI=1S/C30H38N2O5/c1-31-17-9-3-2-4-10-18-32(29(33)20-22-15-16-27-28(19-22)36-21-35-27)24-12-6-8-14-26(24)37-25-13-7-5-11-23(25)30(31)34/h5,7,11,13,15-16,19,24,26H,2-4,6,8-10,12,14,17-18,20-21H2,1H3/t24-,26+/m1/s1. The third-order valence-corrected chi connectivity index (χ3v) is 7.82. The van der Waals surface area contributed by atoms with E-state index in [2.05, 4.69) is 4.90 Å². The smallest absolute Gasteiger partial charge is 0.257 e. The van der Waals surface area contributed by atoms with Crippen molar-refractivity contribution in [2.75, 3.05) is 26.9 Å². The first-order chi connectivity index (χ1) is 18.1. The molecule has 2 aliphatic heterocycles. The van der Waals surface area contributed by atoms with Crippen LogP contribution >= 0.6 is 0 Å². The van der Waals surface area contributed by atoms with Crippen molar-refractivity contribution >= 4 is 11.8 Å². The number of para-hydroxylation sites is 1. The molecule has 0 spiro atoms. The Morgan fingerprint density at radius 1 is 0.865 bits per heavy atom. The van der Waals surface area contributed by atoms with Gasteiger partial charge in [0.2, 0.25) is 12.7 Å². The Hall–Kier alpha value is -3.22. The second-order valence-electron chi connectivity index (χ2n) is 10.5. The Balaban J connectivity index is 1.40. The van der Waals surface area contributed by atoms with Gasteiger partial charge in [-0.05, 0) is 61.9 Å². The van der Waals surface area contributed by atoms with Crippen molar-refractivity contribution in [3.63, 3.8) is 0 Å². The molecule has 2 aromatic carbocycles. The molecule has 1 saturated carbocycles. The molecule has 1 aliphatic carbocycles. The van der Waals surface area contributed by atoms with Crippen molar-refractivity contribution in [1.82, 2.24) is 9.80 Å². The second kappa shape index (κ2) is 11.9. The first-order valence-electron chi connectivity index (χ1n) is 13.8. The maximum absolute atomic E-state index is 13.8. The van der Waals surface area contributed by atoms with E-state index in [1.807, 2.05) is 49.5 Å². The fourth-order valence-corrected chi connectivity index (χ4v) is 5.75. The predicted octanol–water partition coefficient (Wildman–Crippen LogP) is 5.21. The van der Waals surface area contributed by atoms with E-state index in [1.165, 1.54) is 0 Å². The molecule has 198 valence electrons. The van der Waals surface area contributed by atoms with Crippen molar-refractivity contribution in [3.8, 4) is 17.2 Å². The highest BCUT2D eigenvalue weighted by molar-refractivity contribution is 5.96. The molecule has 7 nitrogen and oxygen atoms in total. The van der Waals surface area contributed by atoms with Gasteiger partial charge in [-0.1, -0.05) is 43.9 Å². The van der Waals surface area contributed by atoms with Crippen LogP contribution in [0.1, 0.15) is 73.7 Å². The number of carbonyl (C=O) groups excluding carboxylic acids is 2. The van der Waals surface area contributed by atoms with Gasteiger partial charge >= 0.3 is 0 Å². The number of carbonyl (C=O) groups is 2. The largest absolute Gasteiger partial charge is 0.487 e. The summed E-state index contributed by atoms with van der Waals surface area (Å²) in [5.74, 6) is 2.16. The summed E-state index contributed by atoms with van der Waals surface area (Å²) < 4.78 is 17.6. The predicted molar refractivity (Wildman–Crippen MR) is 141 cm³/mol. The van der Waals surface area contributed by atoms with E-state index in [9.17, 15) is 9.59 Å². The van der Waals surface area contributed by atoms with Crippen LogP contribution in [0.3, 0.4) is 0 Å². The average molecular weight is 507 g/mol. The van der Waals surface area contributed by atoms with Crippen molar-refractivity contribution in [3.05, 3.63) is 53.6 Å². The summed E-state index contributed by atoms with van der Waals surface area (Å²) in [5, 5.41) is 0. The van der Waals surface area contributed by atoms with Gasteiger partial charge < -0.3 is 24.0 Å². The van der Waals surface area contributed by atoms with Crippen LogP contribution < -0.4 is 14.2 Å². The van der Waals surface area contributed by atoms with Crippen molar-refractivity contribution < 1.29 is 23.8 Å². The molecule has 2 amide bonds. The zero-order chi connectivity index (χ0) is 25.6. The summed E-state index contributed by atoms with van der Waals surface area (Å²) in [4.78, 5) is 30.9. The van der Waals surface area contributed by atoms with Gasteiger partial charge in [0.25, 0.3) is 5.91 Å². The molecule has 0 radical (unpaired) electrons. The van der Waals surface area contributed by atoms with Gasteiger partial charge in [0, 0.05) is 20.1 Å². The first kappa shape index (κ1) is 25.4. The number of rotatable bonds is 2. The van der Waals surface area contributed by atoms with E-state index in [0.29, 0.717) is 23.5 Å². The number of ether oxygens (including phenoxy) is 3. The Kier molecular flexibility index (Phi) is 8.17. The molecule has 0 saturated heterocycles. The van der Waals surface area contributed by atoms with Gasteiger partial charge in [0.05, 0.1) is 18.0 Å². The zero-order valence-corrected chi connectivity index (χ0v) is 21.8. The quantitative estimate of drug-likeness (QED) is 0.559. The van der Waals surface area contributed by atoms with Gasteiger partial charge in [-0.2, -0.15) is 0 Å². The third kappa shape index (κ3) is 6.03. The minimum absolute atomic E-state index is 0.00595. The Bertz CT molecular complexity index is 1100. The number of hydrogen-bond acceptors (Lipinski definition) is 5. The Morgan fingerprint density at radius 2 is 1.62 bits per heavy atom. The van der Waals surface area contributed by atoms with E-state index in [0.717, 1.165) is 82.2 Å². The molecule has 2 aromatic rings. The maximum Gasteiger partial charge on any atom is 0.257 e. The van der Waals surface area contributed by atoms with Gasteiger partial charge in [0.15, 0.2) is 11.5 Å². The van der Waals surface area contributed by atoms with Gasteiger partial charge in [-0.3, -0.25) is 9.59 Å². The normalized spacial score (nSPS) is 22.8. The monoisotopic (exact) mass is 506 g/mol. The molecule has 0 N–H and O–H groups in total. The molecule has 7 heteroatoms. The lowest BCUT2D eigenvalue weighted by Gasteiger charge is -2.40. The average Bonchev–Trinajstić information content (AvgIpc) is 3.38.